The van der Waals surface area contributed by atoms with Crippen molar-refractivity contribution < 1.29 is 24.5 Å². The molecule has 1 atom stereocenters. The summed E-state index contributed by atoms with van der Waals surface area (Å²) in [7, 11) is 3.89. The Morgan fingerprint density at radius 2 is 1.70 bits per heavy atom. The molecule has 4 rings (SSSR count). The van der Waals surface area contributed by atoms with Gasteiger partial charge in [-0.05, 0) is 81.5 Å². The molecule has 1 aliphatic heterocycles. The Kier molecular flexibility index (Phi) is 7.94. The first-order chi connectivity index (χ1) is 17.7. The molecule has 7 heteroatoms. The van der Waals surface area contributed by atoms with E-state index in [0.717, 1.165) is 17.7 Å². The minimum Gasteiger partial charge on any atom is -0.508 e. The van der Waals surface area contributed by atoms with Gasteiger partial charge in [0.25, 0.3) is 11.7 Å². The topological polar surface area (TPSA) is 90.3 Å². The predicted molar refractivity (Wildman–Crippen MR) is 142 cm³/mol. The highest BCUT2D eigenvalue weighted by Gasteiger charge is 2.45. The summed E-state index contributed by atoms with van der Waals surface area (Å²) in [6.45, 7) is 3.54. The van der Waals surface area contributed by atoms with Crippen molar-refractivity contribution in [3.63, 3.8) is 0 Å². The van der Waals surface area contributed by atoms with Crippen LogP contribution in [-0.2, 0) is 16.2 Å². The van der Waals surface area contributed by atoms with E-state index in [0.29, 0.717) is 36.4 Å². The number of hydrogen-bond donors (Lipinski definition) is 2. The fourth-order valence-electron chi connectivity index (χ4n) is 4.50. The lowest BCUT2D eigenvalue weighted by atomic mass is 9.95. The number of Topliss-reactive ketones (excluding diaryl/α,β-unsaturated/α-hetero) is 1. The molecule has 7 nitrogen and oxygen atoms in total. The van der Waals surface area contributed by atoms with Gasteiger partial charge < -0.3 is 24.7 Å². The standard InChI is InChI=1S/C30H32N2O5/c1-20-6-4-7-21(18-20)19-37-25-14-10-23(11-15-25)28(34)26-27(22-8-12-24(33)13-9-22)32(30(36)29(26)35)17-5-16-31(2)3/h4,6-15,18,27,33-34H,5,16-17,19H2,1-3H3/b28-26+. The highest BCUT2D eigenvalue weighted by Crippen LogP contribution is 2.40. The number of benzene rings is 3. The van der Waals surface area contributed by atoms with E-state index in [1.54, 1.807) is 36.4 Å². The number of phenols is 1. The molecule has 0 aliphatic carbocycles. The number of amides is 1. The van der Waals surface area contributed by atoms with Crippen LogP contribution in [-0.4, -0.2) is 58.9 Å². The maximum atomic E-state index is 13.1. The molecule has 1 heterocycles. The van der Waals surface area contributed by atoms with E-state index in [-0.39, 0.29) is 17.1 Å². The van der Waals surface area contributed by atoms with Gasteiger partial charge in [0.15, 0.2) is 0 Å². The molecule has 192 valence electrons. The van der Waals surface area contributed by atoms with Crippen LogP contribution in [0.1, 0.15) is 34.7 Å². The second-order valence-corrected chi connectivity index (χ2v) is 9.54. The number of aliphatic hydroxyl groups is 1. The number of likely N-dealkylation sites (tertiary alicyclic amines) is 1. The monoisotopic (exact) mass is 500 g/mol. The lowest BCUT2D eigenvalue weighted by molar-refractivity contribution is -0.139. The van der Waals surface area contributed by atoms with Crippen LogP contribution in [0.4, 0.5) is 0 Å². The number of aryl methyl sites for hydroxylation is 1. The van der Waals surface area contributed by atoms with Crippen LogP contribution >= 0.6 is 0 Å². The van der Waals surface area contributed by atoms with Gasteiger partial charge in [-0.1, -0.05) is 42.0 Å². The molecular weight excluding hydrogens is 468 g/mol. The number of carbonyl (C=O) groups is 2. The number of aliphatic hydroxyl groups excluding tert-OH is 1. The van der Waals surface area contributed by atoms with Crippen LogP contribution in [0.3, 0.4) is 0 Å². The van der Waals surface area contributed by atoms with E-state index in [1.165, 1.54) is 17.0 Å². The van der Waals surface area contributed by atoms with E-state index in [9.17, 15) is 19.8 Å². The third kappa shape index (κ3) is 6.01. The summed E-state index contributed by atoms with van der Waals surface area (Å²) in [5.41, 5.74) is 3.30. The molecule has 1 amide bonds. The first kappa shape index (κ1) is 26.0. The molecule has 2 N–H and O–H groups in total. The van der Waals surface area contributed by atoms with Crippen molar-refractivity contribution in [2.45, 2.75) is 26.0 Å². The van der Waals surface area contributed by atoms with Crippen molar-refractivity contribution in [2.75, 3.05) is 27.2 Å². The van der Waals surface area contributed by atoms with Gasteiger partial charge in [0, 0.05) is 12.1 Å². The van der Waals surface area contributed by atoms with E-state index in [4.69, 9.17) is 4.74 Å². The summed E-state index contributed by atoms with van der Waals surface area (Å²) in [6.07, 6.45) is 0.668. The van der Waals surface area contributed by atoms with E-state index >= 15 is 0 Å². The maximum absolute atomic E-state index is 13.1. The Bertz CT molecular complexity index is 1300. The predicted octanol–water partition coefficient (Wildman–Crippen LogP) is 4.65. The van der Waals surface area contributed by atoms with Crippen molar-refractivity contribution >= 4 is 17.4 Å². The molecular formula is C30H32N2O5. The Balaban J connectivity index is 1.62. The summed E-state index contributed by atoms with van der Waals surface area (Å²) in [5.74, 6) is -0.903. The number of rotatable bonds is 9. The smallest absolute Gasteiger partial charge is 0.295 e. The highest BCUT2D eigenvalue weighted by molar-refractivity contribution is 6.46. The largest absolute Gasteiger partial charge is 0.508 e. The first-order valence-corrected chi connectivity index (χ1v) is 12.3. The molecule has 0 bridgehead atoms. The molecule has 0 saturated carbocycles. The van der Waals surface area contributed by atoms with E-state index < -0.39 is 17.7 Å². The quantitative estimate of drug-likeness (QED) is 0.253. The van der Waals surface area contributed by atoms with Crippen molar-refractivity contribution in [1.82, 2.24) is 9.80 Å². The van der Waals surface area contributed by atoms with Crippen LogP contribution in [0.5, 0.6) is 11.5 Å². The average molecular weight is 501 g/mol. The fourth-order valence-corrected chi connectivity index (χ4v) is 4.50. The maximum Gasteiger partial charge on any atom is 0.295 e. The number of phenolic OH excluding ortho intramolecular Hbond substituents is 1. The summed E-state index contributed by atoms with van der Waals surface area (Å²) in [6, 6.07) is 20.5. The summed E-state index contributed by atoms with van der Waals surface area (Å²) in [5, 5.41) is 21.0. The van der Waals surface area contributed by atoms with Gasteiger partial charge >= 0.3 is 0 Å². The summed E-state index contributed by atoms with van der Waals surface area (Å²) in [4.78, 5) is 29.7. The zero-order valence-electron chi connectivity index (χ0n) is 21.3. The SMILES string of the molecule is Cc1cccc(COc2ccc(/C(O)=C3\C(=O)C(=O)N(CCCN(C)C)C3c3ccc(O)cc3)cc2)c1. The molecule has 1 aliphatic rings. The van der Waals surface area contributed by atoms with Crippen LogP contribution in [0.2, 0.25) is 0 Å². The molecule has 0 aromatic heterocycles. The molecule has 1 unspecified atom stereocenters. The second kappa shape index (κ2) is 11.3. The van der Waals surface area contributed by atoms with Gasteiger partial charge in [-0.3, -0.25) is 9.59 Å². The Hall–Kier alpha value is -4.10. The van der Waals surface area contributed by atoms with Crippen LogP contribution in [0.25, 0.3) is 5.76 Å². The third-order valence-corrected chi connectivity index (χ3v) is 6.37. The molecule has 0 radical (unpaired) electrons. The number of ketones is 1. The highest BCUT2D eigenvalue weighted by atomic mass is 16.5. The van der Waals surface area contributed by atoms with Crippen LogP contribution < -0.4 is 4.74 Å². The van der Waals surface area contributed by atoms with Crippen molar-refractivity contribution in [2.24, 2.45) is 0 Å². The van der Waals surface area contributed by atoms with Gasteiger partial charge in [-0.2, -0.15) is 0 Å². The van der Waals surface area contributed by atoms with E-state index in [2.05, 4.69) is 6.07 Å². The zero-order chi connectivity index (χ0) is 26.5. The fraction of sp³-hybridized carbons (Fsp3) is 0.267. The minimum absolute atomic E-state index is 0.0361. The number of ether oxygens (including phenoxy) is 1. The number of carbonyl (C=O) groups excluding carboxylic acids is 2. The summed E-state index contributed by atoms with van der Waals surface area (Å²) < 4.78 is 5.87. The Morgan fingerprint density at radius 1 is 1.00 bits per heavy atom. The Labute approximate surface area is 217 Å². The average Bonchev–Trinajstić information content (AvgIpc) is 3.13. The van der Waals surface area contributed by atoms with Crippen molar-refractivity contribution in [3.8, 4) is 11.5 Å². The van der Waals surface area contributed by atoms with Gasteiger partial charge in [-0.15, -0.1) is 0 Å². The van der Waals surface area contributed by atoms with Crippen LogP contribution in [0.15, 0.2) is 78.4 Å². The van der Waals surface area contributed by atoms with Gasteiger partial charge in [-0.25, -0.2) is 0 Å². The third-order valence-electron chi connectivity index (χ3n) is 6.37. The molecule has 0 spiro atoms. The zero-order valence-corrected chi connectivity index (χ0v) is 21.3. The lowest BCUT2D eigenvalue weighted by Crippen LogP contribution is -2.32. The first-order valence-electron chi connectivity index (χ1n) is 12.3. The van der Waals surface area contributed by atoms with Gasteiger partial charge in [0.05, 0.1) is 11.6 Å². The molecule has 3 aromatic carbocycles. The molecule has 1 saturated heterocycles. The van der Waals surface area contributed by atoms with E-state index in [1.807, 2.05) is 44.1 Å². The molecule has 3 aromatic rings. The van der Waals surface area contributed by atoms with Crippen LogP contribution in [0, 0.1) is 6.92 Å². The Morgan fingerprint density at radius 3 is 2.35 bits per heavy atom. The lowest BCUT2D eigenvalue weighted by Gasteiger charge is -2.26. The van der Waals surface area contributed by atoms with Gasteiger partial charge in [0.2, 0.25) is 0 Å². The molecule has 37 heavy (non-hydrogen) atoms. The normalized spacial score (nSPS) is 17.0. The van der Waals surface area contributed by atoms with Crippen molar-refractivity contribution in [1.29, 1.82) is 0 Å². The molecule has 1 fully saturated rings. The second-order valence-electron chi connectivity index (χ2n) is 9.54. The van der Waals surface area contributed by atoms with Gasteiger partial charge in [0.1, 0.15) is 23.9 Å². The number of hydrogen-bond acceptors (Lipinski definition) is 6. The van der Waals surface area contributed by atoms with Crippen molar-refractivity contribution in [3.05, 3.63) is 101 Å². The summed E-state index contributed by atoms with van der Waals surface area (Å²) >= 11 is 0. The minimum atomic E-state index is -0.750. The number of aromatic hydroxyl groups is 1. The number of nitrogens with zero attached hydrogens (tertiary/aromatic N) is 2.